The van der Waals surface area contributed by atoms with E-state index in [0.717, 1.165) is 5.39 Å². The first-order valence-corrected chi connectivity index (χ1v) is 5.92. The summed E-state index contributed by atoms with van der Waals surface area (Å²) in [5, 5.41) is 0.718. The average molecular weight is 264 g/mol. The molecule has 2 aromatic rings. The molecule has 0 atom stereocenters. The normalized spacial score (nSPS) is 10.8. The Morgan fingerprint density at radius 2 is 2.00 bits per heavy atom. The molecule has 0 N–H and O–H groups in total. The van der Waals surface area contributed by atoms with E-state index in [4.69, 9.17) is 18.6 Å². The minimum absolute atomic E-state index is 0.0689. The molecule has 5 nitrogen and oxygen atoms in total. The number of furan rings is 1. The van der Waals surface area contributed by atoms with Crippen LogP contribution in [0, 0.1) is 0 Å². The third-order valence-electron chi connectivity index (χ3n) is 2.58. The Morgan fingerprint density at radius 1 is 1.26 bits per heavy atom. The molecule has 2 rings (SSSR count). The first kappa shape index (κ1) is 13.3. The Morgan fingerprint density at radius 3 is 2.58 bits per heavy atom. The van der Waals surface area contributed by atoms with E-state index < -0.39 is 5.97 Å². The minimum Gasteiger partial charge on any atom is -0.497 e. The van der Waals surface area contributed by atoms with Crippen LogP contribution < -0.4 is 9.47 Å². The van der Waals surface area contributed by atoms with Gasteiger partial charge in [0, 0.05) is 6.07 Å². The summed E-state index contributed by atoms with van der Waals surface area (Å²) in [6.45, 7) is 3.76. The van der Waals surface area contributed by atoms with Gasteiger partial charge in [-0.05, 0) is 26.0 Å². The Kier molecular flexibility index (Phi) is 3.64. The van der Waals surface area contributed by atoms with Crippen LogP contribution >= 0.6 is 0 Å². The fraction of sp³-hybridized carbons (Fsp3) is 0.357. The first-order valence-electron chi connectivity index (χ1n) is 5.92. The van der Waals surface area contributed by atoms with Crippen molar-refractivity contribution < 1.29 is 23.4 Å². The summed E-state index contributed by atoms with van der Waals surface area (Å²) in [6, 6.07) is 5.28. The molecule has 1 heterocycles. The lowest BCUT2D eigenvalue weighted by Crippen LogP contribution is -2.09. The number of benzene rings is 1. The Balaban J connectivity index is 2.61. The fourth-order valence-electron chi connectivity index (χ4n) is 1.76. The van der Waals surface area contributed by atoms with Gasteiger partial charge in [-0.25, -0.2) is 4.79 Å². The van der Waals surface area contributed by atoms with Crippen LogP contribution in [0.4, 0.5) is 0 Å². The van der Waals surface area contributed by atoms with Crippen molar-refractivity contribution in [2.24, 2.45) is 0 Å². The maximum atomic E-state index is 11.7. The van der Waals surface area contributed by atoms with Gasteiger partial charge in [0.1, 0.15) is 11.3 Å². The quantitative estimate of drug-likeness (QED) is 0.794. The van der Waals surface area contributed by atoms with Crippen LogP contribution in [-0.4, -0.2) is 26.3 Å². The van der Waals surface area contributed by atoms with Crippen LogP contribution in [0.15, 0.2) is 22.6 Å². The molecule has 0 bridgehead atoms. The van der Waals surface area contributed by atoms with Gasteiger partial charge in [-0.3, -0.25) is 0 Å². The van der Waals surface area contributed by atoms with Gasteiger partial charge in [0.15, 0.2) is 5.75 Å². The van der Waals surface area contributed by atoms with Crippen molar-refractivity contribution in [2.75, 3.05) is 14.2 Å². The van der Waals surface area contributed by atoms with Crippen molar-refractivity contribution in [3.05, 3.63) is 24.0 Å². The molecular formula is C14H16O5. The average Bonchev–Trinajstić information content (AvgIpc) is 2.75. The molecule has 0 unspecified atom stereocenters. The molecule has 19 heavy (non-hydrogen) atoms. The lowest BCUT2D eigenvalue weighted by Gasteiger charge is -2.09. The third kappa shape index (κ3) is 2.50. The second kappa shape index (κ2) is 5.22. The number of hydrogen-bond donors (Lipinski definition) is 0. The van der Waals surface area contributed by atoms with Crippen molar-refractivity contribution >= 4 is 16.9 Å². The summed E-state index contributed by atoms with van der Waals surface area (Å²) in [4.78, 5) is 11.7. The summed E-state index contributed by atoms with van der Waals surface area (Å²) in [5.74, 6) is 0.554. The maximum absolute atomic E-state index is 11.7. The summed E-state index contributed by atoms with van der Waals surface area (Å²) in [7, 11) is 2.87. The van der Waals surface area contributed by atoms with E-state index in [2.05, 4.69) is 0 Å². The molecule has 102 valence electrons. The molecule has 5 heteroatoms. The second-order valence-corrected chi connectivity index (χ2v) is 4.28. The van der Waals surface area contributed by atoms with Gasteiger partial charge in [0.05, 0.1) is 25.7 Å². The van der Waals surface area contributed by atoms with Crippen molar-refractivity contribution in [1.29, 1.82) is 0 Å². The molecule has 0 fully saturated rings. The second-order valence-electron chi connectivity index (χ2n) is 4.28. The molecule has 0 saturated carbocycles. The molecule has 0 saturated heterocycles. The largest absolute Gasteiger partial charge is 0.497 e. The highest BCUT2D eigenvalue weighted by molar-refractivity contribution is 5.99. The van der Waals surface area contributed by atoms with Gasteiger partial charge >= 0.3 is 5.97 Å². The SMILES string of the molecule is COC(=O)c1oc2cc(OC)ccc2c1OC(C)C. The molecule has 0 amide bonds. The minimum atomic E-state index is -0.564. The lowest BCUT2D eigenvalue weighted by atomic mass is 10.2. The highest BCUT2D eigenvalue weighted by Gasteiger charge is 2.23. The number of rotatable bonds is 4. The van der Waals surface area contributed by atoms with Crippen molar-refractivity contribution in [3.63, 3.8) is 0 Å². The summed E-state index contributed by atoms with van der Waals surface area (Å²) in [6.07, 6.45) is -0.0775. The number of esters is 1. The smallest absolute Gasteiger partial charge is 0.377 e. The van der Waals surface area contributed by atoms with Gasteiger partial charge < -0.3 is 18.6 Å². The van der Waals surface area contributed by atoms with Crippen LogP contribution in [0.25, 0.3) is 11.0 Å². The van der Waals surface area contributed by atoms with Gasteiger partial charge in [0.2, 0.25) is 0 Å². The predicted molar refractivity (Wildman–Crippen MR) is 69.9 cm³/mol. The van der Waals surface area contributed by atoms with Crippen molar-refractivity contribution in [2.45, 2.75) is 20.0 Å². The topological polar surface area (TPSA) is 57.9 Å². The number of hydrogen-bond acceptors (Lipinski definition) is 5. The van der Waals surface area contributed by atoms with E-state index in [0.29, 0.717) is 17.1 Å². The number of fused-ring (bicyclic) bond motifs is 1. The zero-order valence-corrected chi connectivity index (χ0v) is 11.4. The zero-order valence-electron chi connectivity index (χ0n) is 11.4. The van der Waals surface area contributed by atoms with Crippen LogP contribution in [0.3, 0.4) is 0 Å². The molecule has 0 aliphatic carbocycles. The van der Waals surface area contributed by atoms with Crippen LogP contribution in [0.1, 0.15) is 24.4 Å². The monoisotopic (exact) mass is 264 g/mol. The van der Waals surface area contributed by atoms with Gasteiger partial charge in [-0.2, -0.15) is 0 Å². The first-order chi connectivity index (χ1) is 9.06. The fourth-order valence-corrected chi connectivity index (χ4v) is 1.76. The van der Waals surface area contributed by atoms with Gasteiger partial charge in [-0.15, -0.1) is 0 Å². The number of ether oxygens (including phenoxy) is 3. The van der Waals surface area contributed by atoms with E-state index in [1.165, 1.54) is 7.11 Å². The maximum Gasteiger partial charge on any atom is 0.377 e. The van der Waals surface area contributed by atoms with Gasteiger partial charge in [-0.1, -0.05) is 0 Å². The standard InChI is InChI=1S/C14H16O5/c1-8(2)18-12-10-6-5-9(16-3)7-11(10)19-13(12)14(15)17-4/h5-8H,1-4H3. The number of carbonyl (C=O) groups is 1. The highest BCUT2D eigenvalue weighted by atomic mass is 16.5. The van der Waals surface area contributed by atoms with Crippen LogP contribution in [-0.2, 0) is 4.74 Å². The summed E-state index contributed by atoms with van der Waals surface area (Å²) < 4.78 is 21.0. The van der Waals surface area contributed by atoms with E-state index >= 15 is 0 Å². The van der Waals surface area contributed by atoms with Crippen LogP contribution in [0.2, 0.25) is 0 Å². The van der Waals surface area contributed by atoms with E-state index in [9.17, 15) is 4.79 Å². The van der Waals surface area contributed by atoms with Gasteiger partial charge in [0.25, 0.3) is 5.76 Å². The number of methoxy groups -OCH3 is 2. The highest BCUT2D eigenvalue weighted by Crippen LogP contribution is 2.36. The van der Waals surface area contributed by atoms with Crippen molar-refractivity contribution in [1.82, 2.24) is 0 Å². The van der Waals surface area contributed by atoms with E-state index in [-0.39, 0.29) is 11.9 Å². The Hall–Kier alpha value is -2.17. The van der Waals surface area contributed by atoms with Crippen LogP contribution in [0.5, 0.6) is 11.5 Å². The zero-order chi connectivity index (χ0) is 14.0. The van der Waals surface area contributed by atoms with Crippen molar-refractivity contribution in [3.8, 4) is 11.5 Å². The summed E-state index contributed by atoms with van der Waals surface area (Å²) >= 11 is 0. The molecule has 1 aromatic heterocycles. The van der Waals surface area contributed by atoms with E-state index in [1.54, 1.807) is 25.3 Å². The molecule has 0 aliphatic heterocycles. The third-order valence-corrected chi connectivity index (χ3v) is 2.58. The predicted octanol–water partition coefficient (Wildman–Crippen LogP) is 3.02. The Bertz CT molecular complexity index is 597. The van der Waals surface area contributed by atoms with E-state index in [1.807, 2.05) is 13.8 Å². The molecule has 1 aromatic carbocycles. The number of carbonyl (C=O) groups excluding carboxylic acids is 1. The molecular weight excluding hydrogens is 248 g/mol. The Labute approximate surface area is 111 Å². The molecule has 0 spiro atoms. The molecule has 0 radical (unpaired) electrons. The lowest BCUT2D eigenvalue weighted by molar-refractivity contribution is 0.0559. The summed E-state index contributed by atoms with van der Waals surface area (Å²) in [5.41, 5.74) is 0.524. The molecule has 0 aliphatic rings.